The van der Waals surface area contributed by atoms with Crippen molar-refractivity contribution in [2.24, 2.45) is 34.5 Å². The number of rotatable bonds is 3. The molecular formula is C27H39NO4S. The number of amides is 1. The van der Waals surface area contributed by atoms with E-state index in [1.54, 1.807) is 24.3 Å². The van der Waals surface area contributed by atoms with Crippen molar-refractivity contribution < 1.29 is 17.9 Å². The lowest BCUT2D eigenvalue weighted by Gasteiger charge is -2.63. The number of nitrogens with zero attached hydrogens (tertiary/aromatic N) is 1. The fraction of sp³-hybridized carbons (Fsp3) is 0.741. The molecule has 6 heteroatoms. The first kappa shape index (κ1) is 23.2. The average Bonchev–Trinajstić information content (AvgIpc) is 3.08. The summed E-state index contributed by atoms with van der Waals surface area (Å²) in [6.07, 6.45) is 8.89. The van der Waals surface area contributed by atoms with Crippen LogP contribution in [-0.2, 0) is 14.6 Å². The molecule has 8 atom stereocenters. The molecule has 182 valence electrons. The van der Waals surface area contributed by atoms with Gasteiger partial charge in [-0.1, -0.05) is 20.8 Å². The minimum Gasteiger partial charge on any atom is -0.490 e. The van der Waals surface area contributed by atoms with E-state index in [-0.39, 0.29) is 11.5 Å². The highest BCUT2D eigenvalue weighted by Crippen LogP contribution is 2.66. The predicted molar refractivity (Wildman–Crippen MR) is 129 cm³/mol. The molecule has 5 nitrogen and oxygen atoms in total. The molecule has 4 fully saturated rings. The summed E-state index contributed by atoms with van der Waals surface area (Å²) in [6.45, 7) is 7.37. The summed E-state index contributed by atoms with van der Waals surface area (Å²) in [5, 5.41) is 0. The van der Waals surface area contributed by atoms with Gasteiger partial charge in [-0.25, -0.2) is 8.42 Å². The maximum absolute atomic E-state index is 12.5. The van der Waals surface area contributed by atoms with E-state index >= 15 is 0 Å². The minimum atomic E-state index is -3.20. The van der Waals surface area contributed by atoms with Crippen molar-refractivity contribution in [3.8, 4) is 5.75 Å². The van der Waals surface area contributed by atoms with Crippen molar-refractivity contribution in [1.82, 2.24) is 4.90 Å². The van der Waals surface area contributed by atoms with Gasteiger partial charge in [-0.3, -0.25) is 4.79 Å². The molecule has 3 saturated carbocycles. The summed E-state index contributed by atoms with van der Waals surface area (Å²) in [6, 6.07) is 7.27. The second-order valence-corrected chi connectivity index (χ2v) is 14.2. The van der Waals surface area contributed by atoms with E-state index in [0.29, 0.717) is 52.4 Å². The fourth-order valence-corrected chi connectivity index (χ4v) is 9.14. The maximum atomic E-state index is 12.5. The first-order valence-electron chi connectivity index (χ1n) is 12.6. The molecule has 1 amide bonds. The summed E-state index contributed by atoms with van der Waals surface area (Å²) >= 11 is 0. The molecular weight excluding hydrogens is 434 g/mol. The van der Waals surface area contributed by atoms with Crippen LogP contribution in [0.2, 0.25) is 0 Å². The highest BCUT2D eigenvalue weighted by atomic mass is 32.2. The third-order valence-electron chi connectivity index (χ3n) is 10.2. The van der Waals surface area contributed by atoms with Crippen molar-refractivity contribution in [3.63, 3.8) is 0 Å². The zero-order chi connectivity index (χ0) is 23.8. The molecule has 5 rings (SSSR count). The maximum Gasteiger partial charge on any atom is 0.222 e. The van der Waals surface area contributed by atoms with Crippen molar-refractivity contribution in [3.05, 3.63) is 24.3 Å². The van der Waals surface area contributed by atoms with Crippen LogP contribution in [0.15, 0.2) is 29.2 Å². The number of likely N-dealkylation sites (tertiary alicyclic amines) is 1. The van der Waals surface area contributed by atoms with Crippen LogP contribution in [0.25, 0.3) is 0 Å². The van der Waals surface area contributed by atoms with Crippen LogP contribution in [0, 0.1) is 34.5 Å². The molecule has 0 spiro atoms. The Hall–Kier alpha value is -1.56. The normalized spacial score (nSPS) is 42.9. The van der Waals surface area contributed by atoms with E-state index in [0.717, 1.165) is 31.4 Å². The summed E-state index contributed by atoms with van der Waals surface area (Å²) in [7, 11) is -1.17. The summed E-state index contributed by atoms with van der Waals surface area (Å²) in [4.78, 5) is 14.9. The van der Waals surface area contributed by atoms with Gasteiger partial charge in [0.15, 0.2) is 9.84 Å². The Balaban J connectivity index is 1.36. The molecule has 0 N–H and O–H groups in total. The quantitative estimate of drug-likeness (QED) is 0.623. The molecule has 0 bridgehead atoms. The zero-order valence-corrected chi connectivity index (χ0v) is 21.5. The van der Waals surface area contributed by atoms with Crippen LogP contribution in [0.1, 0.15) is 65.7 Å². The Kier molecular flexibility index (Phi) is 5.43. The van der Waals surface area contributed by atoms with Gasteiger partial charge in [-0.05, 0) is 97.3 Å². The van der Waals surface area contributed by atoms with E-state index in [9.17, 15) is 13.2 Å². The van der Waals surface area contributed by atoms with Crippen molar-refractivity contribution in [2.45, 2.75) is 82.8 Å². The van der Waals surface area contributed by atoms with Gasteiger partial charge in [0, 0.05) is 25.8 Å². The molecule has 1 aliphatic heterocycles. The highest BCUT2D eigenvalue weighted by Gasteiger charge is 2.62. The largest absolute Gasteiger partial charge is 0.490 e. The Morgan fingerprint density at radius 1 is 1.06 bits per heavy atom. The van der Waals surface area contributed by atoms with Gasteiger partial charge in [0.2, 0.25) is 5.91 Å². The number of hydrogen-bond acceptors (Lipinski definition) is 4. The zero-order valence-electron chi connectivity index (χ0n) is 20.7. The number of carbonyl (C=O) groups is 1. The number of fused-ring (bicyclic) bond motifs is 5. The number of ether oxygens (including phenoxy) is 1. The number of carbonyl (C=O) groups excluding carboxylic acids is 1. The number of piperidine rings is 1. The van der Waals surface area contributed by atoms with Crippen LogP contribution in [0.4, 0.5) is 0 Å². The number of sulfone groups is 1. The van der Waals surface area contributed by atoms with Crippen LogP contribution in [0.5, 0.6) is 5.75 Å². The van der Waals surface area contributed by atoms with Crippen molar-refractivity contribution in [1.29, 1.82) is 0 Å². The Labute approximate surface area is 199 Å². The van der Waals surface area contributed by atoms with Gasteiger partial charge < -0.3 is 9.64 Å². The van der Waals surface area contributed by atoms with E-state index < -0.39 is 9.84 Å². The molecule has 1 aromatic carbocycles. The van der Waals surface area contributed by atoms with Crippen LogP contribution in [-0.4, -0.2) is 44.7 Å². The first-order chi connectivity index (χ1) is 15.4. The molecule has 0 radical (unpaired) electrons. The SMILES string of the molecule is C[C@H]1C[C@H]2N(C)C(=O)CC[C@]2(C)[C@H]2CC[C@]3(C)C[C@@H](Oc4ccc(S(C)(=O)=O)cc4)C[C@H]3[C@H]12. The molecule has 3 aliphatic carbocycles. The fourth-order valence-electron chi connectivity index (χ4n) is 8.50. The molecule has 1 heterocycles. The summed E-state index contributed by atoms with van der Waals surface area (Å²) < 4.78 is 30.0. The van der Waals surface area contributed by atoms with Crippen molar-refractivity contribution >= 4 is 15.7 Å². The smallest absolute Gasteiger partial charge is 0.222 e. The molecule has 0 unspecified atom stereocenters. The lowest BCUT2D eigenvalue weighted by atomic mass is 9.45. The molecule has 4 aliphatic rings. The van der Waals surface area contributed by atoms with Gasteiger partial charge in [-0.15, -0.1) is 0 Å². The Morgan fingerprint density at radius 3 is 2.42 bits per heavy atom. The third-order valence-corrected chi connectivity index (χ3v) is 11.3. The molecule has 1 aromatic rings. The van der Waals surface area contributed by atoms with E-state index in [1.807, 2.05) is 7.05 Å². The van der Waals surface area contributed by atoms with Gasteiger partial charge in [0.25, 0.3) is 0 Å². The van der Waals surface area contributed by atoms with Crippen LogP contribution in [0.3, 0.4) is 0 Å². The van der Waals surface area contributed by atoms with Gasteiger partial charge in [0.1, 0.15) is 5.75 Å². The van der Waals surface area contributed by atoms with E-state index in [4.69, 9.17) is 4.74 Å². The van der Waals surface area contributed by atoms with E-state index in [2.05, 4.69) is 25.7 Å². The van der Waals surface area contributed by atoms with Crippen molar-refractivity contribution in [2.75, 3.05) is 13.3 Å². The molecule has 33 heavy (non-hydrogen) atoms. The average molecular weight is 474 g/mol. The minimum absolute atomic E-state index is 0.177. The van der Waals surface area contributed by atoms with Crippen LogP contribution >= 0.6 is 0 Å². The topological polar surface area (TPSA) is 63.7 Å². The Morgan fingerprint density at radius 2 is 1.76 bits per heavy atom. The Bertz CT molecular complexity index is 1040. The number of benzene rings is 1. The van der Waals surface area contributed by atoms with Gasteiger partial charge in [0.05, 0.1) is 11.0 Å². The second-order valence-electron chi connectivity index (χ2n) is 12.1. The summed E-state index contributed by atoms with van der Waals surface area (Å²) in [5.41, 5.74) is 0.522. The number of hydrogen-bond donors (Lipinski definition) is 0. The summed E-state index contributed by atoms with van der Waals surface area (Å²) in [5.74, 6) is 3.70. The van der Waals surface area contributed by atoms with Gasteiger partial charge in [-0.2, -0.15) is 0 Å². The van der Waals surface area contributed by atoms with E-state index in [1.165, 1.54) is 19.1 Å². The lowest BCUT2D eigenvalue weighted by molar-refractivity contribution is -0.164. The second kappa shape index (κ2) is 7.73. The predicted octanol–water partition coefficient (Wildman–Crippen LogP) is 4.95. The first-order valence-corrected chi connectivity index (χ1v) is 14.5. The monoisotopic (exact) mass is 473 g/mol. The van der Waals surface area contributed by atoms with Gasteiger partial charge >= 0.3 is 0 Å². The third kappa shape index (κ3) is 3.71. The standard InChI is InChI=1S/C27H39NO4S/c1-17-14-23-27(3,13-11-24(29)28(23)4)21-10-12-26(2)16-19(15-22(26)25(17)21)32-18-6-8-20(9-7-18)33(5,30)31/h6-9,17,19,21-23,25H,10-16H2,1-5H3/t17-,19-,21-,22-,23+,25+,26+,27+/m0/s1. The molecule has 1 saturated heterocycles. The molecule has 0 aromatic heterocycles. The van der Waals surface area contributed by atoms with Crippen LogP contribution < -0.4 is 4.74 Å². The highest BCUT2D eigenvalue weighted by molar-refractivity contribution is 7.90. The lowest BCUT2D eigenvalue weighted by Crippen LogP contribution is -2.62.